The molecule has 0 aliphatic carbocycles. The maximum Gasteiger partial charge on any atom is 0.266 e. The highest BCUT2D eigenvalue weighted by molar-refractivity contribution is 7.93. The molecule has 0 radical (unpaired) electrons. The van der Waals surface area contributed by atoms with E-state index in [4.69, 9.17) is 0 Å². The van der Waals surface area contributed by atoms with Crippen molar-refractivity contribution in [3.63, 3.8) is 0 Å². The van der Waals surface area contributed by atoms with Gasteiger partial charge < -0.3 is 10.3 Å². The summed E-state index contributed by atoms with van der Waals surface area (Å²) in [5.41, 5.74) is 0.660. The van der Waals surface area contributed by atoms with Crippen molar-refractivity contribution in [3.8, 4) is 0 Å². The summed E-state index contributed by atoms with van der Waals surface area (Å²) >= 11 is 1.04. The summed E-state index contributed by atoms with van der Waals surface area (Å²) in [5, 5.41) is 5.61. The van der Waals surface area contributed by atoms with Crippen molar-refractivity contribution in [2.45, 2.75) is 28.7 Å². The van der Waals surface area contributed by atoms with Gasteiger partial charge in [0, 0.05) is 36.9 Å². The van der Waals surface area contributed by atoms with Crippen LogP contribution in [0.5, 0.6) is 0 Å². The Hall–Kier alpha value is -3.14. The van der Waals surface area contributed by atoms with E-state index in [9.17, 15) is 21.2 Å². The van der Waals surface area contributed by atoms with E-state index in [1.54, 1.807) is 11.6 Å². The lowest BCUT2D eigenvalue weighted by Gasteiger charge is -2.24. The molecular formula is C20H20FN7O4S3. The van der Waals surface area contributed by atoms with Gasteiger partial charge in [-0.3, -0.25) is 4.72 Å². The van der Waals surface area contributed by atoms with Gasteiger partial charge in [0.15, 0.2) is 5.13 Å². The Morgan fingerprint density at radius 3 is 2.80 bits per heavy atom. The third-order valence-corrected chi connectivity index (χ3v) is 9.77. The Labute approximate surface area is 204 Å². The minimum atomic E-state index is -4.27. The lowest BCUT2D eigenvalue weighted by molar-refractivity contribution is 0.398. The number of hydrogen-bond acceptors (Lipinski definition) is 9. The number of nitrogens with zero attached hydrogens (tertiary/aromatic N) is 4. The van der Waals surface area contributed by atoms with Crippen LogP contribution in [0.1, 0.15) is 12.8 Å². The minimum absolute atomic E-state index is 0.0779. The van der Waals surface area contributed by atoms with Crippen LogP contribution in [0.2, 0.25) is 0 Å². The zero-order valence-electron chi connectivity index (χ0n) is 18.0. The summed E-state index contributed by atoms with van der Waals surface area (Å²) in [6.07, 6.45) is 5.80. The molecule has 1 aromatic carbocycles. The number of hydrogen-bond donors (Lipinski definition) is 3. The molecule has 4 aromatic rings. The normalized spacial score (nSPS) is 17.1. The van der Waals surface area contributed by atoms with Gasteiger partial charge in [-0.15, -0.1) is 11.3 Å². The van der Waals surface area contributed by atoms with Crippen molar-refractivity contribution >= 4 is 53.4 Å². The molecule has 4 heterocycles. The van der Waals surface area contributed by atoms with Crippen LogP contribution in [0.15, 0.2) is 58.2 Å². The third-order valence-electron chi connectivity index (χ3n) is 5.64. The molecule has 3 N–H and O–H groups in total. The first kappa shape index (κ1) is 23.6. The lowest BCUT2D eigenvalue weighted by atomic mass is 10.2. The van der Waals surface area contributed by atoms with Crippen LogP contribution in [0.25, 0.3) is 11.0 Å². The van der Waals surface area contributed by atoms with Crippen LogP contribution >= 0.6 is 11.3 Å². The van der Waals surface area contributed by atoms with Crippen molar-refractivity contribution in [2.24, 2.45) is 0 Å². The van der Waals surface area contributed by atoms with E-state index in [0.29, 0.717) is 30.9 Å². The van der Waals surface area contributed by atoms with Crippen molar-refractivity contribution < 1.29 is 21.2 Å². The summed E-state index contributed by atoms with van der Waals surface area (Å²) < 4.78 is 70.0. The third kappa shape index (κ3) is 4.59. The largest absolute Gasteiger partial charge is 0.368 e. The second kappa shape index (κ2) is 9.14. The molecule has 11 nitrogen and oxygen atoms in total. The molecule has 0 bridgehead atoms. The minimum Gasteiger partial charge on any atom is -0.368 e. The van der Waals surface area contributed by atoms with E-state index in [-0.39, 0.29) is 22.6 Å². The van der Waals surface area contributed by atoms with E-state index in [1.807, 2.05) is 6.07 Å². The van der Waals surface area contributed by atoms with E-state index < -0.39 is 30.8 Å². The maximum atomic E-state index is 14.8. The van der Waals surface area contributed by atoms with Crippen LogP contribution in [0, 0.1) is 5.82 Å². The molecule has 15 heteroatoms. The molecule has 1 aliphatic heterocycles. The number of aromatic nitrogens is 4. The van der Waals surface area contributed by atoms with Gasteiger partial charge >= 0.3 is 0 Å². The summed E-state index contributed by atoms with van der Waals surface area (Å²) in [4.78, 5) is 14.2. The van der Waals surface area contributed by atoms with Gasteiger partial charge in [0.2, 0.25) is 10.0 Å². The molecule has 3 aromatic heterocycles. The number of anilines is 2. The number of sulfonamides is 2. The molecule has 5 rings (SSSR count). The van der Waals surface area contributed by atoms with Crippen molar-refractivity contribution in [3.05, 3.63) is 54.2 Å². The summed E-state index contributed by atoms with van der Waals surface area (Å²) in [6.45, 7) is 0.564. The molecule has 1 atom stereocenters. The first-order valence-electron chi connectivity index (χ1n) is 10.5. The first-order chi connectivity index (χ1) is 16.8. The zero-order valence-corrected chi connectivity index (χ0v) is 20.5. The van der Waals surface area contributed by atoms with E-state index in [0.717, 1.165) is 34.9 Å². The monoisotopic (exact) mass is 537 g/mol. The van der Waals surface area contributed by atoms with Crippen LogP contribution in [-0.4, -0.2) is 60.2 Å². The van der Waals surface area contributed by atoms with Crippen LogP contribution < -0.4 is 10.0 Å². The van der Waals surface area contributed by atoms with Crippen LogP contribution in [-0.2, 0) is 20.0 Å². The standard InChI is InChI=1S/C20H20FN7O4S3/c21-16-10-14(3-4-17(16)34(29,30)27-20-23-7-9-33-20)35(31,32)28-8-1-2-13(28)11-24-19-15-5-6-22-18(15)25-12-26-19/h3-7,9-10,12-13H,1-2,8,11H2,(H,23,27)(H2,22,24,25,26)/t13-/m1/s1. The zero-order chi connectivity index (χ0) is 24.6. The second-order valence-corrected chi connectivity index (χ2v) is 12.2. The topological polar surface area (TPSA) is 150 Å². The Morgan fingerprint density at radius 2 is 2.03 bits per heavy atom. The number of benzene rings is 1. The van der Waals surface area contributed by atoms with Gasteiger partial charge in [-0.1, -0.05) is 0 Å². The Bertz CT molecular complexity index is 1570. The highest BCUT2D eigenvalue weighted by Crippen LogP contribution is 2.29. The van der Waals surface area contributed by atoms with Gasteiger partial charge in [-0.25, -0.2) is 36.2 Å². The Morgan fingerprint density at radius 1 is 1.17 bits per heavy atom. The van der Waals surface area contributed by atoms with Gasteiger partial charge in [0.25, 0.3) is 10.0 Å². The molecule has 1 fully saturated rings. The number of H-pyrrole nitrogens is 1. The predicted octanol–water partition coefficient (Wildman–Crippen LogP) is 2.62. The fraction of sp³-hybridized carbons (Fsp3) is 0.250. The van der Waals surface area contributed by atoms with Gasteiger partial charge in [-0.2, -0.15) is 4.31 Å². The smallest absolute Gasteiger partial charge is 0.266 e. The summed E-state index contributed by atoms with van der Waals surface area (Å²) in [7, 11) is -8.34. The molecule has 0 spiro atoms. The molecule has 35 heavy (non-hydrogen) atoms. The predicted molar refractivity (Wildman–Crippen MR) is 129 cm³/mol. The Kier molecular flexibility index (Phi) is 6.16. The fourth-order valence-electron chi connectivity index (χ4n) is 4.00. The van der Waals surface area contributed by atoms with Gasteiger partial charge in [0.05, 0.1) is 10.3 Å². The number of nitrogens with one attached hydrogen (secondary N) is 3. The molecule has 184 valence electrons. The molecule has 1 saturated heterocycles. The van der Waals surface area contributed by atoms with Gasteiger partial charge in [0.1, 0.15) is 28.5 Å². The highest BCUT2D eigenvalue weighted by Gasteiger charge is 2.36. The van der Waals surface area contributed by atoms with E-state index in [1.165, 1.54) is 16.8 Å². The number of fused-ring (bicyclic) bond motifs is 1. The summed E-state index contributed by atoms with van der Waals surface area (Å²) in [5.74, 6) is -0.589. The molecule has 0 unspecified atom stereocenters. The SMILES string of the molecule is O=S(=O)(Nc1nccs1)c1ccc(S(=O)(=O)N2CCC[C@@H]2CNc2ncnc3[nH]ccc23)cc1F. The average molecular weight is 538 g/mol. The van der Waals surface area contributed by atoms with Crippen molar-refractivity contribution in [1.82, 2.24) is 24.2 Å². The number of rotatable bonds is 8. The van der Waals surface area contributed by atoms with Crippen molar-refractivity contribution in [2.75, 3.05) is 23.1 Å². The molecule has 0 amide bonds. The van der Waals surface area contributed by atoms with E-state index in [2.05, 4.69) is 30.0 Å². The van der Waals surface area contributed by atoms with Crippen LogP contribution in [0.4, 0.5) is 15.3 Å². The summed E-state index contributed by atoms with van der Waals surface area (Å²) in [6, 6.07) is 4.23. The van der Waals surface area contributed by atoms with Crippen molar-refractivity contribution in [1.29, 1.82) is 0 Å². The number of thiazole rings is 1. The molecular weight excluding hydrogens is 517 g/mol. The quantitative estimate of drug-likeness (QED) is 0.310. The second-order valence-electron chi connectivity index (χ2n) is 7.79. The van der Waals surface area contributed by atoms with E-state index >= 15 is 0 Å². The van der Waals surface area contributed by atoms with Gasteiger partial charge in [-0.05, 0) is 37.1 Å². The first-order valence-corrected chi connectivity index (χ1v) is 14.3. The number of halogens is 1. The lowest BCUT2D eigenvalue weighted by Crippen LogP contribution is -2.39. The highest BCUT2D eigenvalue weighted by atomic mass is 32.2. The maximum absolute atomic E-state index is 14.8. The fourth-order valence-corrected chi connectivity index (χ4v) is 7.55. The number of aromatic amines is 1. The Balaban J connectivity index is 1.35. The molecule has 1 aliphatic rings. The van der Waals surface area contributed by atoms with Crippen LogP contribution in [0.3, 0.4) is 0 Å². The average Bonchev–Trinajstić information content (AvgIpc) is 3.58. The molecule has 0 saturated carbocycles.